The Kier molecular flexibility index (Phi) is 59.1. The van der Waals surface area contributed by atoms with Crippen molar-refractivity contribution >= 4 is 117 Å². The number of aromatic nitrogens is 1. The van der Waals surface area contributed by atoms with E-state index in [4.69, 9.17) is 45.9 Å². The van der Waals surface area contributed by atoms with Crippen molar-refractivity contribution in [3.05, 3.63) is 36.0 Å². The standard InChI is InChI=1S/C92H164N26O18/c1-14-52(6)73(78(100)122)114-84(128)64(36-22-28-42-94)108-79(123)58(12)106-71(120)50-103-89(133)74(53(7)15-2)115-87(131)68(40-26-32-46-98)112-92(136)77(56(10)18-5)118-86(130)66(38-24-30-44-96)110-81(125)59(13)107-72(121)51-104-90(134)75(54(8)16-3)116-88(132)67(39-25-31-45-97)111-91(135)76(55(9)17-4)117-85(129)65(37-23-29-43-95)109-80(124)57(11)105-70(119)49-102-83(127)69(113-82(126)62(99)34-21-27-41-93)47-60-48-101-63-35-20-19-33-61(60)63/h19-20,33,35,48,52-59,62,64-69,73-77,101H,14-18,21-32,34,36-47,49-51,93-99H2,1-13H3,(H2,100,122)(H,102,127)(H,103,133)(H,104,134)(H,105,119)(H,106,120)(H,107,121)(H,108,123)(H,109,124)(H,110,125)(H,111,135)(H,112,136)(H,113,126)(H,114,128)(H,115,131)(H,116,132)(H,117,129)(H,118,130)/t52-,53-,54-,55-,56-,57-,58-,59-,62-,64-,65-,66-,67-,68-,69-,73-,74-,75-,76-,77-/m0/s1. The van der Waals surface area contributed by atoms with Crippen LogP contribution in [0.2, 0.25) is 0 Å². The summed E-state index contributed by atoms with van der Waals surface area (Å²) in [7, 11) is 0. The Morgan fingerprint density at radius 1 is 0.287 bits per heavy atom. The number of hydrogen-bond donors (Lipinski definition) is 26. The number of nitrogens with two attached hydrogens (primary N) is 8. The molecule has 0 fully saturated rings. The van der Waals surface area contributed by atoms with E-state index < -0.39 is 240 Å². The lowest BCUT2D eigenvalue weighted by atomic mass is 9.95. The Labute approximate surface area is 800 Å². The first-order valence-corrected chi connectivity index (χ1v) is 48.5. The number of rotatable bonds is 71. The minimum absolute atomic E-state index is 0.0112. The van der Waals surface area contributed by atoms with Crippen molar-refractivity contribution in [1.82, 2.24) is 95.4 Å². The lowest BCUT2D eigenvalue weighted by molar-refractivity contribution is -0.136. The van der Waals surface area contributed by atoms with Crippen molar-refractivity contribution in [2.45, 2.75) is 335 Å². The first-order chi connectivity index (χ1) is 64.6. The highest BCUT2D eigenvalue weighted by Crippen LogP contribution is 2.22. The van der Waals surface area contributed by atoms with Gasteiger partial charge in [-0.15, -0.1) is 0 Å². The summed E-state index contributed by atoms with van der Waals surface area (Å²) in [6.07, 6.45) is 9.43. The fraction of sp³-hybridized carbons (Fsp3) is 0.717. The molecule has 18 amide bonds. The fourth-order valence-electron chi connectivity index (χ4n) is 14.6. The maximum absolute atomic E-state index is 14.6. The molecular formula is C92H164N26O18. The van der Waals surface area contributed by atoms with Crippen LogP contribution in [0, 0.1) is 29.6 Å². The summed E-state index contributed by atoms with van der Waals surface area (Å²) in [5, 5.41) is 45.8. The van der Waals surface area contributed by atoms with E-state index in [1.165, 1.54) is 20.8 Å². The van der Waals surface area contributed by atoms with Gasteiger partial charge in [-0.05, 0) is 210 Å². The molecule has 44 nitrogen and oxygen atoms in total. The molecule has 0 spiro atoms. The highest BCUT2D eigenvalue weighted by Gasteiger charge is 2.40. The Hall–Kier alpha value is -11.1. The second-order valence-electron chi connectivity index (χ2n) is 35.5. The third-order valence-electron chi connectivity index (χ3n) is 24.5. The first kappa shape index (κ1) is 121. The molecule has 0 bridgehead atoms. The summed E-state index contributed by atoms with van der Waals surface area (Å²) in [6, 6.07) is -11.1. The quantitative estimate of drug-likeness (QED) is 0.0289. The molecule has 0 aliphatic carbocycles. The van der Waals surface area contributed by atoms with Gasteiger partial charge in [0.05, 0.1) is 25.7 Å². The molecule has 1 heterocycles. The number of nitrogens with one attached hydrogen (secondary N) is 18. The minimum Gasteiger partial charge on any atom is -0.368 e. The van der Waals surface area contributed by atoms with Crippen molar-refractivity contribution in [2.24, 2.45) is 75.5 Å². The number of carbonyl (C=O) groups is 18. The number of unbranched alkanes of at least 4 members (excludes halogenated alkanes) is 6. The van der Waals surface area contributed by atoms with Crippen LogP contribution in [0.3, 0.4) is 0 Å². The zero-order valence-electron chi connectivity index (χ0n) is 82.2. The van der Waals surface area contributed by atoms with E-state index in [0.29, 0.717) is 134 Å². The summed E-state index contributed by atoms with van der Waals surface area (Å²) in [4.78, 5) is 253. The van der Waals surface area contributed by atoms with Crippen LogP contribution < -0.4 is 136 Å². The molecule has 1 aromatic carbocycles. The van der Waals surface area contributed by atoms with Gasteiger partial charge in [0, 0.05) is 23.5 Å². The number of aromatic amines is 1. The predicted octanol–water partition coefficient (Wildman–Crippen LogP) is -3.28. The number of amides is 18. The molecule has 2 rings (SSSR count). The van der Waals surface area contributed by atoms with Crippen molar-refractivity contribution in [3.8, 4) is 0 Å². The average molecular weight is 1920 g/mol. The fourth-order valence-corrected chi connectivity index (χ4v) is 14.6. The third-order valence-corrected chi connectivity index (χ3v) is 24.5. The van der Waals surface area contributed by atoms with Gasteiger partial charge in [0.25, 0.3) is 0 Å². The molecule has 0 aliphatic rings. The zero-order chi connectivity index (χ0) is 102. The Bertz CT molecular complexity index is 4120. The Morgan fingerprint density at radius 2 is 0.544 bits per heavy atom. The maximum Gasteiger partial charge on any atom is 0.243 e. The molecule has 20 atom stereocenters. The summed E-state index contributed by atoms with van der Waals surface area (Å²) in [5.74, 6) is -16.4. The van der Waals surface area contributed by atoms with E-state index in [0.717, 1.165) is 10.9 Å². The van der Waals surface area contributed by atoms with Gasteiger partial charge in [-0.2, -0.15) is 0 Å². The van der Waals surface area contributed by atoms with Crippen LogP contribution in [0.15, 0.2) is 30.5 Å². The van der Waals surface area contributed by atoms with E-state index in [2.05, 4.69) is 95.4 Å². The van der Waals surface area contributed by atoms with Crippen LogP contribution in [-0.4, -0.2) is 261 Å². The van der Waals surface area contributed by atoms with E-state index in [1.807, 2.05) is 31.2 Å². The normalized spacial score (nSPS) is 15.7. The summed E-state index contributed by atoms with van der Waals surface area (Å²) >= 11 is 0. The second kappa shape index (κ2) is 66.4. The number of carbonyl (C=O) groups excluding carboxylic acids is 18. The van der Waals surface area contributed by atoms with E-state index >= 15 is 0 Å². The van der Waals surface area contributed by atoms with Gasteiger partial charge >= 0.3 is 0 Å². The molecule has 44 heteroatoms. The van der Waals surface area contributed by atoms with Gasteiger partial charge in [0.2, 0.25) is 106 Å². The molecule has 1 aromatic heterocycles. The summed E-state index contributed by atoms with van der Waals surface area (Å²) in [6.45, 7) is 21.1. The van der Waals surface area contributed by atoms with Crippen molar-refractivity contribution in [2.75, 3.05) is 58.9 Å². The lowest BCUT2D eigenvalue weighted by Crippen LogP contribution is -2.61. The van der Waals surface area contributed by atoms with Crippen molar-refractivity contribution in [1.29, 1.82) is 0 Å². The average Bonchev–Trinajstić information content (AvgIpc) is 1.64. The minimum atomic E-state index is -1.35. The molecule has 0 unspecified atom stereocenters. The van der Waals surface area contributed by atoms with Gasteiger partial charge in [0.1, 0.15) is 84.6 Å². The lowest BCUT2D eigenvalue weighted by Gasteiger charge is -2.30. The van der Waals surface area contributed by atoms with E-state index in [1.54, 1.807) is 68.5 Å². The molecule has 2 aromatic rings. The summed E-state index contributed by atoms with van der Waals surface area (Å²) < 4.78 is 0. The van der Waals surface area contributed by atoms with Gasteiger partial charge < -0.3 is 141 Å². The van der Waals surface area contributed by atoms with Gasteiger partial charge in [0.15, 0.2) is 0 Å². The molecule has 0 saturated heterocycles. The van der Waals surface area contributed by atoms with Crippen molar-refractivity contribution < 1.29 is 86.3 Å². The zero-order valence-corrected chi connectivity index (χ0v) is 82.2. The molecule has 0 radical (unpaired) electrons. The molecule has 0 aliphatic heterocycles. The van der Waals surface area contributed by atoms with Gasteiger partial charge in [-0.1, -0.05) is 126 Å². The van der Waals surface area contributed by atoms with Crippen LogP contribution in [0.4, 0.5) is 0 Å². The van der Waals surface area contributed by atoms with Crippen LogP contribution in [0.5, 0.6) is 0 Å². The number of fused-ring (bicyclic) bond motifs is 1. The van der Waals surface area contributed by atoms with Crippen LogP contribution in [0.25, 0.3) is 10.9 Å². The second-order valence-corrected chi connectivity index (χ2v) is 35.5. The molecule has 770 valence electrons. The molecule has 136 heavy (non-hydrogen) atoms. The van der Waals surface area contributed by atoms with Gasteiger partial charge in [-0.3, -0.25) is 86.3 Å². The van der Waals surface area contributed by atoms with E-state index in [9.17, 15) is 86.3 Å². The van der Waals surface area contributed by atoms with Crippen molar-refractivity contribution in [3.63, 3.8) is 0 Å². The Balaban J connectivity index is 2.29. The topological polar surface area (TPSA) is 736 Å². The number of H-pyrrole nitrogens is 1. The Morgan fingerprint density at radius 3 is 0.838 bits per heavy atom. The number of primary amides is 1. The maximum atomic E-state index is 14.6. The van der Waals surface area contributed by atoms with Crippen LogP contribution in [0.1, 0.15) is 243 Å². The van der Waals surface area contributed by atoms with E-state index in [-0.39, 0.29) is 70.6 Å². The largest absolute Gasteiger partial charge is 0.368 e. The van der Waals surface area contributed by atoms with Gasteiger partial charge in [-0.25, -0.2) is 0 Å². The number of benzene rings is 1. The molecule has 0 saturated carbocycles. The third kappa shape index (κ3) is 44.0. The number of hydrogen-bond acceptors (Lipinski definition) is 25. The molecular weight excluding hydrogens is 1760 g/mol. The number of para-hydroxylation sites is 1. The first-order valence-electron chi connectivity index (χ1n) is 48.5. The van der Waals surface area contributed by atoms with Crippen LogP contribution in [-0.2, 0) is 92.7 Å². The highest BCUT2D eigenvalue weighted by molar-refractivity contribution is 6.01. The monoisotopic (exact) mass is 1920 g/mol. The summed E-state index contributed by atoms with van der Waals surface area (Å²) in [5.41, 5.74) is 48.0. The smallest absolute Gasteiger partial charge is 0.243 e. The predicted molar refractivity (Wildman–Crippen MR) is 517 cm³/mol. The highest BCUT2D eigenvalue weighted by atomic mass is 16.2. The van der Waals surface area contributed by atoms with Crippen LogP contribution >= 0.6 is 0 Å². The molecule has 34 N–H and O–H groups in total. The SMILES string of the molecule is CC[C@H](C)[C@H](NC(=O)[C@H](CCCCN)NC(=O)[C@H](C)NC(=O)CNC(=O)[C@@H](NC(=O)[C@H](CCCCN)NC(=O)[C@@H](NC(=O)[C@H](CCCCN)NC(=O)[C@H](C)NC(=O)CNC(=O)[C@@H](NC(=O)[C@H](CCCCN)NC(=O)[C@@H](NC(=O)[C@H](CCCCN)NC(=O)[C@H](C)NC(=O)CNC(=O)[C@H](Cc1c[nH]c2ccccc12)NC(=O)[C@@H](N)CCCCN)[C@@H](C)CC)[C@@H](C)CC)[C@@H](C)CC)[C@@H](C)CC)C(N)=O.